The number of carbonyl (C=O) groups is 2. The lowest BCUT2D eigenvalue weighted by Gasteiger charge is -2.41. The zero-order valence-electron chi connectivity index (χ0n) is 23.9. The lowest BCUT2D eigenvalue weighted by molar-refractivity contribution is -0.277. The van der Waals surface area contributed by atoms with Crippen LogP contribution in [0.15, 0.2) is 51.7 Å². The molecule has 9 N–H and O–H groups in total. The second-order valence-corrected chi connectivity index (χ2v) is 10.3. The maximum atomic E-state index is 13.1. The fraction of sp³-hybridized carbons (Fsp3) is 0.233. The van der Waals surface area contributed by atoms with E-state index < -0.39 is 106 Å². The predicted molar refractivity (Wildman–Crippen MR) is 152 cm³/mol. The van der Waals surface area contributed by atoms with E-state index in [1.165, 1.54) is 0 Å². The Morgan fingerprint density at radius 1 is 0.787 bits per heavy atom. The second-order valence-electron chi connectivity index (χ2n) is 10.3. The summed E-state index contributed by atoms with van der Waals surface area (Å²) < 4.78 is 27.7. The van der Waals surface area contributed by atoms with Crippen molar-refractivity contribution < 1.29 is 78.9 Å². The molecule has 1 aliphatic carbocycles. The van der Waals surface area contributed by atoms with Gasteiger partial charge in [-0.25, -0.2) is 4.79 Å². The highest BCUT2D eigenvalue weighted by Crippen LogP contribution is 2.46. The molecule has 1 saturated heterocycles. The number of phenols is 7. The molecule has 5 rings (SSSR count). The fourth-order valence-corrected chi connectivity index (χ4v) is 4.70. The van der Waals surface area contributed by atoms with Crippen LogP contribution in [0.1, 0.15) is 17.3 Å². The van der Waals surface area contributed by atoms with E-state index in [1.54, 1.807) is 0 Å². The molecular weight excluding hydrogens is 632 g/mol. The Morgan fingerprint density at radius 3 is 1.98 bits per heavy atom. The van der Waals surface area contributed by atoms with Crippen LogP contribution < -0.4 is 10.2 Å². The average molecular weight is 659 g/mol. The number of benzene rings is 3. The van der Waals surface area contributed by atoms with E-state index in [4.69, 9.17) is 23.4 Å². The largest absolute Gasteiger partial charge is 0.507 e. The van der Waals surface area contributed by atoms with E-state index in [9.17, 15) is 60.3 Å². The molecule has 47 heavy (non-hydrogen) atoms. The maximum absolute atomic E-state index is 13.1. The van der Waals surface area contributed by atoms with Crippen LogP contribution in [0.25, 0.3) is 22.6 Å². The van der Waals surface area contributed by atoms with Crippen LogP contribution in [0, 0.1) is 0 Å². The van der Waals surface area contributed by atoms with Gasteiger partial charge in [0.2, 0.25) is 6.29 Å². The smallest absolute Gasteiger partial charge is 0.339 e. The summed E-state index contributed by atoms with van der Waals surface area (Å²) in [5, 5.41) is 91.7. The van der Waals surface area contributed by atoms with Gasteiger partial charge in [0.1, 0.15) is 36.4 Å². The molecule has 17 heteroatoms. The van der Waals surface area contributed by atoms with Gasteiger partial charge in [0.05, 0.1) is 11.1 Å². The number of esters is 2. The van der Waals surface area contributed by atoms with Gasteiger partial charge in [0, 0.05) is 24.6 Å². The normalized spacial score (nSPS) is 20.9. The van der Waals surface area contributed by atoms with E-state index in [0.717, 1.165) is 49.4 Å². The van der Waals surface area contributed by atoms with Crippen LogP contribution in [0.3, 0.4) is 0 Å². The molecule has 2 aliphatic heterocycles. The van der Waals surface area contributed by atoms with Gasteiger partial charge in [-0.15, -0.1) is 0 Å². The monoisotopic (exact) mass is 658 g/mol. The molecule has 0 saturated carbocycles. The number of aliphatic hydroxyl groups excluding tert-OH is 2. The maximum Gasteiger partial charge on any atom is 0.339 e. The third-order valence-corrected chi connectivity index (χ3v) is 7.02. The van der Waals surface area contributed by atoms with Gasteiger partial charge in [-0.1, -0.05) is 0 Å². The lowest BCUT2D eigenvalue weighted by atomic mass is 9.98. The van der Waals surface area contributed by atoms with Crippen LogP contribution >= 0.6 is 0 Å². The summed E-state index contributed by atoms with van der Waals surface area (Å²) in [6.07, 6.45) is -9.22. The first-order valence-electron chi connectivity index (χ1n) is 13.5. The standard InChI is InChI=1S/C30H26O17/c1-10(31)43-9-22-25(40)26(41)28(47-29(42)12-4-18(36)24(39)19(37)5-12)30(46-22)45-21-8-14-15(33)6-13(32)7-20(14)44-27(21)11-2-16(34)23(38)17(35)3-11/h2-8,22,25-26,28,30,33-41H,9H2,1H3/t22?,25-,26-,28?,30+/m0/s1. The van der Waals surface area contributed by atoms with Crippen molar-refractivity contribution in [2.24, 2.45) is 0 Å². The zero-order valence-corrected chi connectivity index (χ0v) is 23.9. The van der Waals surface area contributed by atoms with Crippen molar-refractivity contribution in [2.45, 2.75) is 37.6 Å². The average Bonchev–Trinajstić information content (AvgIpc) is 3.00. The van der Waals surface area contributed by atoms with Crippen molar-refractivity contribution in [2.75, 3.05) is 6.61 Å². The number of hydrogen-bond acceptors (Lipinski definition) is 17. The molecule has 3 aliphatic rings. The van der Waals surface area contributed by atoms with Gasteiger partial charge in [-0.2, -0.15) is 0 Å². The molecule has 17 nitrogen and oxygen atoms in total. The van der Waals surface area contributed by atoms with Gasteiger partial charge >= 0.3 is 11.9 Å². The van der Waals surface area contributed by atoms with Crippen molar-refractivity contribution in [1.82, 2.24) is 0 Å². The number of phenolic OH excluding ortho intramolecular Hbond substituents is 7. The highest BCUT2D eigenvalue weighted by molar-refractivity contribution is 5.91. The van der Waals surface area contributed by atoms with E-state index in [1.807, 2.05) is 0 Å². The van der Waals surface area contributed by atoms with Gasteiger partial charge in [-0.05, 0) is 30.3 Å². The van der Waals surface area contributed by atoms with Crippen LogP contribution in [0.4, 0.5) is 0 Å². The Labute approximate surface area is 262 Å². The summed E-state index contributed by atoms with van der Waals surface area (Å²) in [6, 6.07) is 6.35. The minimum Gasteiger partial charge on any atom is -0.507 e. The summed E-state index contributed by atoms with van der Waals surface area (Å²) in [4.78, 5) is 36.6. The van der Waals surface area contributed by atoms with Crippen LogP contribution in [0.5, 0.6) is 46.0 Å². The number of fused-ring (bicyclic) bond motifs is 1. The Hall–Kier alpha value is -5.91. The Morgan fingerprint density at radius 2 is 1.38 bits per heavy atom. The Kier molecular flexibility index (Phi) is 8.62. The molecular formula is C30H26O17. The predicted octanol–water partition coefficient (Wildman–Crippen LogP) is 0.965. The van der Waals surface area contributed by atoms with Crippen molar-refractivity contribution >= 4 is 11.9 Å². The van der Waals surface area contributed by atoms with Crippen LogP contribution in [-0.2, 0) is 19.0 Å². The number of ether oxygens (including phenoxy) is 4. The van der Waals surface area contributed by atoms with E-state index in [-0.39, 0.29) is 22.6 Å². The molecule has 0 bridgehead atoms. The molecule has 0 aromatic heterocycles. The third kappa shape index (κ3) is 6.43. The summed E-state index contributed by atoms with van der Waals surface area (Å²) in [7, 11) is 0. The summed E-state index contributed by atoms with van der Waals surface area (Å²) in [5.41, 5.74) is -1.45. The third-order valence-electron chi connectivity index (χ3n) is 7.02. The molecule has 2 heterocycles. The van der Waals surface area contributed by atoms with Gasteiger partial charge in [0.25, 0.3) is 0 Å². The van der Waals surface area contributed by atoms with E-state index in [0.29, 0.717) is 0 Å². The molecule has 0 amide bonds. The first-order chi connectivity index (χ1) is 22.1. The molecule has 5 atom stereocenters. The quantitative estimate of drug-likeness (QED) is 0.0987. The van der Waals surface area contributed by atoms with Gasteiger partial charge < -0.3 is 69.3 Å². The topological polar surface area (TPSA) is 283 Å². The molecule has 248 valence electrons. The summed E-state index contributed by atoms with van der Waals surface area (Å²) in [6.45, 7) is 0.452. The minimum atomic E-state index is -2.02. The Bertz CT molecular complexity index is 1830. The summed E-state index contributed by atoms with van der Waals surface area (Å²) in [5.74, 6) is -8.84. The van der Waals surface area contributed by atoms with Crippen LogP contribution in [-0.4, -0.2) is 95.2 Å². The fourth-order valence-electron chi connectivity index (χ4n) is 4.70. The van der Waals surface area contributed by atoms with Gasteiger partial charge in [-0.3, -0.25) is 9.59 Å². The Balaban J connectivity index is 1.62. The van der Waals surface area contributed by atoms with E-state index >= 15 is 0 Å². The number of rotatable bonds is 7. The SMILES string of the molecule is CC(=O)OCC1O[C@@H](Oc2cc3c(O)cc(=O)cc-3oc2-c2cc(O)c(O)c(O)c2)C(OC(=O)c2cc(O)c(O)c(O)c2)[C@@H](O)[C@H]1O. The van der Waals surface area contributed by atoms with Crippen molar-refractivity contribution in [1.29, 1.82) is 0 Å². The highest BCUT2D eigenvalue weighted by Gasteiger charge is 2.49. The molecule has 2 unspecified atom stereocenters. The number of hydrogen-bond donors (Lipinski definition) is 9. The van der Waals surface area contributed by atoms with E-state index in [2.05, 4.69) is 0 Å². The number of carbonyl (C=O) groups excluding carboxylic acids is 2. The first kappa shape index (κ1) is 32.5. The molecule has 2 aromatic rings. The van der Waals surface area contributed by atoms with Gasteiger partial charge in [0.15, 0.2) is 57.5 Å². The lowest BCUT2D eigenvalue weighted by Crippen LogP contribution is -2.61. The summed E-state index contributed by atoms with van der Waals surface area (Å²) >= 11 is 0. The second kappa shape index (κ2) is 12.5. The zero-order chi connectivity index (χ0) is 34.3. The highest BCUT2D eigenvalue weighted by atomic mass is 16.7. The minimum absolute atomic E-state index is 0.105. The van der Waals surface area contributed by atoms with Crippen molar-refractivity contribution in [3.8, 4) is 68.6 Å². The number of aromatic hydroxyl groups is 7. The first-order valence-corrected chi connectivity index (χ1v) is 13.5. The van der Waals surface area contributed by atoms with Crippen molar-refractivity contribution in [3.63, 3.8) is 0 Å². The van der Waals surface area contributed by atoms with Crippen molar-refractivity contribution in [3.05, 3.63) is 58.3 Å². The molecule has 2 aromatic carbocycles. The molecule has 0 spiro atoms. The molecule has 0 radical (unpaired) electrons. The molecule has 1 fully saturated rings. The van der Waals surface area contributed by atoms with Crippen LogP contribution in [0.2, 0.25) is 0 Å². The number of aliphatic hydroxyl groups is 2.